The molecule has 28 heavy (non-hydrogen) atoms. The standard InChI is InChI=1S/C19H29ClN4O3S/c1-14(2)12-24-19(20)17(15(3)21-24)4-5-18(25)23-9-7-22(8-10-23)16-6-11-28(26,27)13-16/h4-5,14,16H,6-13H2,1-3H3/b5-4+. The molecule has 0 saturated carbocycles. The van der Waals surface area contributed by atoms with Crippen LogP contribution in [0.1, 0.15) is 31.5 Å². The molecule has 3 heterocycles. The molecule has 9 heteroatoms. The van der Waals surface area contributed by atoms with Crippen LogP contribution in [-0.2, 0) is 21.2 Å². The molecular weight excluding hydrogens is 400 g/mol. The molecule has 2 saturated heterocycles. The highest BCUT2D eigenvalue weighted by Gasteiger charge is 2.34. The van der Waals surface area contributed by atoms with Crippen LogP contribution in [0.2, 0.25) is 5.15 Å². The molecule has 2 aliphatic rings. The van der Waals surface area contributed by atoms with Crippen molar-refractivity contribution in [3.63, 3.8) is 0 Å². The summed E-state index contributed by atoms with van der Waals surface area (Å²) in [5.74, 6) is 0.913. The Kier molecular flexibility index (Phi) is 6.51. The maximum Gasteiger partial charge on any atom is 0.246 e. The highest BCUT2D eigenvalue weighted by Crippen LogP contribution is 2.23. The molecule has 0 spiro atoms. The maximum atomic E-state index is 12.6. The Hall–Kier alpha value is -1.38. The third kappa shape index (κ3) is 4.96. The number of amides is 1. The van der Waals surface area contributed by atoms with E-state index in [-0.39, 0.29) is 23.5 Å². The van der Waals surface area contributed by atoms with Crippen LogP contribution in [0.5, 0.6) is 0 Å². The van der Waals surface area contributed by atoms with E-state index >= 15 is 0 Å². The summed E-state index contributed by atoms with van der Waals surface area (Å²) in [6, 6.07) is 0.103. The third-order valence-electron chi connectivity index (χ3n) is 5.39. The van der Waals surface area contributed by atoms with E-state index in [1.54, 1.807) is 21.7 Å². The van der Waals surface area contributed by atoms with E-state index in [1.807, 2.05) is 6.92 Å². The third-order valence-corrected chi connectivity index (χ3v) is 7.54. The molecule has 0 bridgehead atoms. The van der Waals surface area contributed by atoms with Crippen molar-refractivity contribution in [3.05, 3.63) is 22.5 Å². The van der Waals surface area contributed by atoms with Gasteiger partial charge in [-0.2, -0.15) is 5.10 Å². The molecule has 156 valence electrons. The number of sulfone groups is 1. The SMILES string of the molecule is Cc1nn(CC(C)C)c(Cl)c1/C=C/C(=O)N1CCN(C2CCS(=O)(=O)C2)CC1. The lowest BCUT2D eigenvalue weighted by atomic mass is 10.2. The number of carbonyl (C=O) groups excluding carboxylic acids is 1. The summed E-state index contributed by atoms with van der Waals surface area (Å²) in [6.45, 7) is 9.48. The molecule has 7 nitrogen and oxygen atoms in total. The van der Waals surface area contributed by atoms with Crippen molar-refractivity contribution in [2.24, 2.45) is 5.92 Å². The molecule has 0 radical (unpaired) electrons. The molecule has 1 amide bonds. The molecule has 1 aromatic heterocycles. The van der Waals surface area contributed by atoms with Crippen LogP contribution in [0, 0.1) is 12.8 Å². The second kappa shape index (κ2) is 8.55. The maximum absolute atomic E-state index is 12.6. The summed E-state index contributed by atoms with van der Waals surface area (Å²) in [7, 11) is -2.88. The molecule has 2 aliphatic heterocycles. The first-order chi connectivity index (χ1) is 13.2. The number of halogens is 1. The molecule has 1 aromatic rings. The average Bonchev–Trinajstić information content (AvgIpc) is 3.12. The van der Waals surface area contributed by atoms with Crippen LogP contribution in [0.15, 0.2) is 6.08 Å². The van der Waals surface area contributed by atoms with E-state index in [2.05, 4.69) is 23.8 Å². The largest absolute Gasteiger partial charge is 0.337 e. The molecule has 1 atom stereocenters. The van der Waals surface area contributed by atoms with Crippen molar-refractivity contribution in [3.8, 4) is 0 Å². The van der Waals surface area contributed by atoms with Crippen LogP contribution in [-0.4, -0.2) is 77.6 Å². The number of carbonyl (C=O) groups is 1. The summed E-state index contributed by atoms with van der Waals surface area (Å²) in [6.07, 6.45) is 4.01. The molecule has 0 aromatic carbocycles. The minimum atomic E-state index is -2.88. The number of aromatic nitrogens is 2. The van der Waals surface area contributed by atoms with E-state index in [1.165, 1.54) is 0 Å². The number of aryl methyl sites for hydroxylation is 1. The van der Waals surface area contributed by atoms with Gasteiger partial charge in [-0.1, -0.05) is 25.4 Å². The summed E-state index contributed by atoms with van der Waals surface area (Å²) in [5, 5.41) is 5.02. The van der Waals surface area contributed by atoms with Crippen molar-refractivity contribution < 1.29 is 13.2 Å². The molecular formula is C19H29ClN4O3S. The Balaban J connectivity index is 1.57. The highest BCUT2D eigenvalue weighted by atomic mass is 35.5. The number of rotatable bonds is 5. The predicted octanol–water partition coefficient (Wildman–Crippen LogP) is 1.85. The minimum Gasteiger partial charge on any atom is -0.337 e. The Morgan fingerprint density at radius 3 is 2.54 bits per heavy atom. The van der Waals surface area contributed by atoms with Gasteiger partial charge in [0.1, 0.15) is 5.15 Å². The Labute approximate surface area is 172 Å². The van der Waals surface area contributed by atoms with E-state index in [4.69, 9.17) is 11.6 Å². The van der Waals surface area contributed by atoms with Crippen molar-refractivity contribution in [2.75, 3.05) is 37.7 Å². The Morgan fingerprint density at radius 2 is 1.96 bits per heavy atom. The zero-order valence-electron chi connectivity index (χ0n) is 16.8. The monoisotopic (exact) mass is 428 g/mol. The van der Waals surface area contributed by atoms with Crippen molar-refractivity contribution >= 4 is 33.4 Å². The Bertz CT molecular complexity index is 855. The lowest BCUT2D eigenvalue weighted by molar-refractivity contribution is -0.127. The van der Waals surface area contributed by atoms with E-state index in [0.717, 1.165) is 17.8 Å². The van der Waals surface area contributed by atoms with Crippen LogP contribution >= 0.6 is 11.6 Å². The second-order valence-electron chi connectivity index (χ2n) is 8.12. The first-order valence-corrected chi connectivity index (χ1v) is 12.0. The first kappa shape index (κ1) is 21.3. The number of hydrogen-bond acceptors (Lipinski definition) is 5. The van der Waals surface area contributed by atoms with Crippen molar-refractivity contribution in [1.82, 2.24) is 19.6 Å². The van der Waals surface area contributed by atoms with Gasteiger partial charge < -0.3 is 4.90 Å². The summed E-state index contributed by atoms with van der Waals surface area (Å²) < 4.78 is 25.1. The van der Waals surface area contributed by atoms with Gasteiger partial charge in [0.2, 0.25) is 5.91 Å². The average molecular weight is 429 g/mol. The molecule has 2 fully saturated rings. The lowest BCUT2D eigenvalue weighted by Crippen LogP contribution is -2.52. The summed E-state index contributed by atoms with van der Waals surface area (Å²) in [5.41, 5.74) is 1.59. The number of nitrogens with zero attached hydrogens (tertiary/aromatic N) is 4. The van der Waals surface area contributed by atoms with Gasteiger partial charge in [0.15, 0.2) is 9.84 Å². The zero-order valence-corrected chi connectivity index (χ0v) is 18.3. The van der Waals surface area contributed by atoms with Gasteiger partial charge in [-0.05, 0) is 25.3 Å². The fourth-order valence-corrected chi connectivity index (χ4v) is 5.92. The lowest BCUT2D eigenvalue weighted by Gasteiger charge is -2.37. The number of hydrogen-bond donors (Lipinski definition) is 0. The molecule has 3 rings (SSSR count). The summed E-state index contributed by atoms with van der Waals surface area (Å²) >= 11 is 6.43. The van der Waals surface area contributed by atoms with Crippen LogP contribution < -0.4 is 0 Å². The van der Waals surface area contributed by atoms with Gasteiger partial charge in [0, 0.05) is 50.4 Å². The molecule has 0 N–H and O–H groups in total. The van der Waals surface area contributed by atoms with Gasteiger partial charge in [-0.25, -0.2) is 8.42 Å². The van der Waals surface area contributed by atoms with E-state index in [0.29, 0.717) is 43.7 Å². The molecule has 0 aliphatic carbocycles. The van der Waals surface area contributed by atoms with Gasteiger partial charge in [0.05, 0.1) is 17.2 Å². The van der Waals surface area contributed by atoms with E-state index < -0.39 is 9.84 Å². The Morgan fingerprint density at radius 1 is 1.29 bits per heavy atom. The predicted molar refractivity (Wildman–Crippen MR) is 111 cm³/mol. The summed E-state index contributed by atoms with van der Waals surface area (Å²) in [4.78, 5) is 16.6. The second-order valence-corrected chi connectivity index (χ2v) is 10.7. The highest BCUT2D eigenvalue weighted by molar-refractivity contribution is 7.91. The van der Waals surface area contributed by atoms with Crippen LogP contribution in [0.25, 0.3) is 6.08 Å². The van der Waals surface area contributed by atoms with Crippen molar-refractivity contribution in [1.29, 1.82) is 0 Å². The normalized spacial score (nSPS) is 23.2. The van der Waals surface area contributed by atoms with Gasteiger partial charge >= 0.3 is 0 Å². The van der Waals surface area contributed by atoms with Gasteiger partial charge in [-0.15, -0.1) is 0 Å². The van der Waals surface area contributed by atoms with Gasteiger partial charge in [-0.3, -0.25) is 14.4 Å². The topological polar surface area (TPSA) is 75.5 Å². The fraction of sp³-hybridized carbons (Fsp3) is 0.684. The smallest absolute Gasteiger partial charge is 0.246 e. The molecule has 1 unspecified atom stereocenters. The zero-order chi connectivity index (χ0) is 20.5. The van der Waals surface area contributed by atoms with E-state index in [9.17, 15) is 13.2 Å². The van der Waals surface area contributed by atoms with Crippen molar-refractivity contribution in [2.45, 2.75) is 39.8 Å². The van der Waals surface area contributed by atoms with Gasteiger partial charge in [0.25, 0.3) is 0 Å². The quantitative estimate of drug-likeness (QED) is 0.669. The first-order valence-electron chi connectivity index (χ1n) is 9.80. The minimum absolute atomic E-state index is 0.0502. The van der Waals surface area contributed by atoms with Crippen LogP contribution in [0.3, 0.4) is 0 Å². The number of piperazine rings is 1. The fourth-order valence-electron chi connectivity index (χ4n) is 3.85. The van der Waals surface area contributed by atoms with Crippen LogP contribution in [0.4, 0.5) is 0 Å².